The van der Waals surface area contributed by atoms with E-state index in [1.54, 1.807) is 12.1 Å². The van der Waals surface area contributed by atoms with Crippen LogP contribution in [0.3, 0.4) is 0 Å². The monoisotopic (exact) mass is 502 g/mol. The van der Waals surface area contributed by atoms with Crippen molar-refractivity contribution in [2.24, 2.45) is 0 Å². The van der Waals surface area contributed by atoms with Crippen LogP contribution >= 0.6 is 0 Å². The quantitative estimate of drug-likeness (QED) is 0.315. The van der Waals surface area contributed by atoms with Crippen molar-refractivity contribution in [1.82, 2.24) is 19.7 Å². The van der Waals surface area contributed by atoms with Crippen LogP contribution in [0.25, 0.3) is 39.0 Å². The Morgan fingerprint density at radius 3 is 2.42 bits per heavy atom. The Morgan fingerprint density at radius 1 is 0.842 bits per heavy atom. The summed E-state index contributed by atoms with van der Waals surface area (Å²) in [6.07, 6.45) is 0. The number of carbonyl (C=O) groups excluding carboxylic acids is 2. The predicted molar refractivity (Wildman–Crippen MR) is 144 cm³/mol. The maximum absolute atomic E-state index is 12.9. The summed E-state index contributed by atoms with van der Waals surface area (Å²) >= 11 is 0. The molecule has 0 fully saturated rings. The number of aromatic hydroxyl groups is 1. The van der Waals surface area contributed by atoms with Gasteiger partial charge in [-0.25, -0.2) is 9.97 Å². The van der Waals surface area contributed by atoms with E-state index in [1.165, 1.54) is 6.07 Å². The molecule has 0 saturated carbocycles. The minimum Gasteiger partial charge on any atom is -0.507 e. The normalized spacial score (nSPS) is 11.2. The molecule has 0 atom stereocenters. The van der Waals surface area contributed by atoms with E-state index in [-0.39, 0.29) is 24.5 Å². The summed E-state index contributed by atoms with van der Waals surface area (Å²) in [5, 5.41) is 13.9. The van der Waals surface area contributed by atoms with Gasteiger partial charge in [0.1, 0.15) is 30.4 Å². The molecule has 2 N–H and O–H groups in total. The zero-order chi connectivity index (χ0) is 26.1. The maximum Gasteiger partial charge on any atom is 0.325 e. The second-order valence-corrected chi connectivity index (χ2v) is 8.77. The molecule has 8 nitrogen and oxygen atoms in total. The van der Waals surface area contributed by atoms with Gasteiger partial charge in [-0.2, -0.15) is 0 Å². The van der Waals surface area contributed by atoms with E-state index in [1.807, 2.05) is 83.3 Å². The molecule has 6 rings (SSSR count). The number of hydrogen-bond donors (Lipinski definition) is 2. The molecule has 2 aromatic heterocycles. The molecule has 2 heterocycles. The standard InChI is InChI=1S/C30H22N4O4/c35-26-15-14-20(16-22(26)30(37)31-17-27(36)38-18-19-8-2-1-3-9-19)28-32-23-11-5-4-10-21(23)29-33-24-12-6-7-13-25(24)34(28)29/h1-16,35H,17-18H2,(H,31,37). The van der Waals surface area contributed by atoms with Crippen LogP contribution in [-0.2, 0) is 16.1 Å². The zero-order valence-corrected chi connectivity index (χ0v) is 20.2. The van der Waals surface area contributed by atoms with Crippen LogP contribution in [0.1, 0.15) is 15.9 Å². The number of para-hydroxylation sites is 3. The van der Waals surface area contributed by atoms with E-state index in [0.717, 1.165) is 33.1 Å². The van der Waals surface area contributed by atoms with Crippen molar-refractivity contribution in [3.8, 4) is 17.1 Å². The fraction of sp³-hybridized carbons (Fsp3) is 0.0667. The van der Waals surface area contributed by atoms with Gasteiger partial charge in [-0.05, 0) is 48.0 Å². The highest BCUT2D eigenvalue weighted by Crippen LogP contribution is 2.31. The first-order valence-corrected chi connectivity index (χ1v) is 12.1. The fourth-order valence-electron chi connectivity index (χ4n) is 4.43. The van der Waals surface area contributed by atoms with E-state index in [0.29, 0.717) is 11.4 Å². The number of ether oxygens (including phenoxy) is 1. The third-order valence-electron chi connectivity index (χ3n) is 6.28. The molecular weight excluding hydrogens is 480 g/mol. The fourth-order valence-corrected chi connectivity index (χ4v) is 4.43. The number of esters is 1. The van der Waals surface area contributed by atoms with Gasteiger partial charge in [0.25, 0.3) is 5.91 Å². The molecule has 0 unspecified atom stereocenters. The predicted octanol–water partition coefficient (Wildman–Crippen LogP) is 4.88. The van der Waals surface area contributed by atoms with Crippen molar-refractivity contribution in [3.63, 3.8) is 0 Å². The van der Waals surface area contributed by atoms with Crippen molar-refractivity contribution < 1.29 is 19.4 Å². The molecule has 0 aliphatic heterocycles. The second-order valence-electron chi connectivity index (χ2n) is 8.77. The first kappa shape index (κ1) is 23.2. The number of fused-ring (bicyclic) bond motifs is 5. The SMILES string of the molecule is O=C(CNC(=O)c1cc(-c2nc3ccccc3c3nc4ccccc4n23)ccc1O)OCc1ccccc1. The molecule has 8 heteroatoms. The third-order valence-corrected chi connectivity index (χ3v) is 6.28. The average Bonchev–Trinajstić information content (AvgIpc) is 3.35. The lowest BCUT2D eigenvalue weighted by Gasteiger charge is -2.12. The highest BCUT2D eigenvalue weighted by Gasteiger charge is 2.19. The lowest BCUT2D eigenvalue weighted by Crippen LogP contribution is -2.30. The molecule has 186 valence electrons. The van der Waals surface area contributed by atoms with Crippen LogP contribution in [0.4, 0.5) is 0 Å². The summed E-state index contributed by atoms with van der Waals surface area (Å²) < 4.78 is 7.17. The smallest absolute Gasteiger partial charge is 0.325 e. The summed E-state index contributed by atoms with van der Waals surface area (Å²) in [5.41, 5.74) is 4.66. The van der Waals surface area contributed by atoms with Crippen LogP contribution in [0, 0.1) is 0 Å². The number of amides is 1. The summed E-state index contributed by atoms with van der Waals surface area (Å²) in [6, 6.07) is 29.5. The van der Waals surface area contributed by atoms with Gasteiger partial charge in [0.05, 0.1) is 22.1 Å². The number of phenolic OH excluding ortho intramolecular Hbond substituents is 1. The molecule has 6 aromatic rings. The van der Waals surface area contributed by atoms with Crippen molar-refractivity contribution in [3.05, 3.63) is 108 Å². The summed E-state index contributed by atoms with van der Waals surface area (Å²) in [5.74, 6) is -0.825. The Hall–Kier alpha value is -5.24. The number of phenols is 1. The molecule has 38 heavy (non-hydrogen) atoms. The number of benzene rings is 4. The molecule has 0 saturated heterocycles. The van der Waals surface area contributed by atoms with E-state index in [2.05, 4.69) is 5.32 Å². The Kier molecular flexibility index (Phi) is 5.89. The van der Waals surface area contributed by atoms with Gasteiger partial charge in [0.15, 0.2) is 0 Å². The Labute approximate surface area is 217 Å². The number of nitrogens with one attached hydrogen (secondary N) is 1. The third kappa shape index (κ3) is 4.28. The second kappa shape index (κ2) is 9.67. The molecule has 1 amide bonds. The minimum atomic E-state index is -0.603. The minimum absolute atomic E-state index is 0.0193. The Bertz CT molecular complexity index is 1830. The Morgan fingerprint density at radius 2 is 1.58 bits per heavy atom. The van der Waals surface area contributed by atoms with Crippen molar-refractivity contribution in [2.75, 3.05) is 6.54 Å². The number of hydrogen-bond acceptors (Lipinski definition) is 6. The molecule has 0 spiro atoms. The number of rotatable bonds is 6. The van der Waals surface area contributed by atoms with Gasteiger partial charge in [-0.15, -0.1) is 0 Å². The molecule has 0 aliphatic carbocycles. The van der Waals surface area contributed by atoms with Crippen LogP contribution < -0.4 is 5.32 Å². The maximum atomic E-state index is 12.9. The number of imidazole rings is 1. The molecular formula is C30H22N4O4. The average molecular weight is 503 g/mol. The number of carbonyl (C=O) groups is 2. The molecule has 0 radical (unpaired) electrons. The molecule has 4 aromatic carbocycles. The largest absolute Gasteiger partial charge is 0.507 e. The lowest BCUT2D eigenvalue weighted by atomic mass is 10.1. The van der Waals surface area contributed by atoms with E-state index < -0.39 is 11.9 Å². The van der Waals surface area contributed by atoms with Crippen molar-refractivity contribution >= 4 is 39.5 Å². The van der Waals surface area contributed by atoms with Crippen LogP contribution in [-0.4, -0.2) is 37.9 Å². The Balaban J connectivity index is 1.32. The summed E-state index contributed by atoms with van der Waals surface area (Å²) in [6.45, 7) is -0.223. The summed E-state index contributed by atoms with van der Waals surface area (Å²) in [7, 11) is 0. The topological polar surface area (TPSA) is 106 Å². The highest BCUT2D eigenvalue weighted by molar-refractivity contribution is 6.01. The van der Waals surface area contributed by atoms with Gasteiger partial charge in [-0.1, -0.05) is 54.6 Å². The van der Waals surface area contributed by atoms with E-state index >= 15 is 0 Å². The van der Waals surface area contributed by atoms with Crippen LogP contribution in [0.15, 0.2) is 97.1 Å². The van der Waals surface area contributed by atoms with Gasteiger partial charge in [0.2, 0.25) is 0 Å². The van der Waals surface area contributed by atoms with E-state index in [9.17, 15) is 14.7 Å². The van der Waals surface area contributed by atoms with Crippen LogP contribution in [0.5, 0.6) is 5.75 Å². The van der Waals surface area contributed by atoms with E-state index in [4.69, 9.17) is 14.7 Å². The summed E-state index contributed by atoms with van der Waals surface area (Å²) in [4.78, 5) is 34.8. The number of aromatic nitrogens is 3. The van der Waals surface area contributed by atoms with Gasteiger partial charge in [0, 0.05) is 10.9 Å². The van der Waals surface area contributed by atoms with Gasteiger partial charge >= 0.3 is 5.97 Å². The number of nitrogens with zero attached hydrogens (tertiary/aromatic N) is 3. The van der Waals surface area contributed by atoms with Crippen molar-refractivity contribution in [1.29, 1.82) is 0 Å². The molecule has 0 bridgehead atoms. The van der Waals surface area contributed by atoms with Gasteiger partial charge < -0.3 is 15.2 Å². The lowest BCUT2D eigenvalue weighted by molar-refractivity contribution is -0.143. The first-order valence-electron chi connectivity index (χ1n) is 12.1. The molecule has 0 aliphatic rings. The van der Waals surface area contributed by atoms with Crippen molar-refractivity contribution in [2.45, 2.75) is 6.61 Å². The van der Waals surface area contributed by atoms with Gasteiger partial charge in [-0.3, -0.25) is 14.0 Å². The highest BCUT2D eigenvalue weighted by atomic mass is 16.5. The van der Waals surface area contributed by atoms with Crippen LogP contribution in [0.2, 0.25) is 0 Å². The zero-order valence-electron chi connectivity index (χ0n) is 20.2. The first-order chi connectivity index (χ1) is 18.6.